The molecule has 0 bridgehead atoms. The zero-order valence-electron chi connectivity index (χ0n) is 17.8. The number of nitrogens with zero attached hydrogens (tertiary/aromatic N) is 1. The number of hydrogen-bond donors (Lipinski definition) is 1. The summed E-state index contributed by atoms with van der Waals surface area (Å²) in [5.74, 6) is -2.55. The van der Waals surface area contributed by atoms with Crippen LogP contribution in [-0.2, 0) is 9.59 Å². The molecule has 1 heterocycles. The van der Waals surface area contributed by atoms with Gasteiger partial charge in [-0.05, 0) is 35.9 Å². The molecule has 1 saturated heterocycles. The molecule has 1 unspecified atom stereocenters. The van der Waals surface area contributed by atoms with Gasteiger partial charge in [-0.25, -0.2) is 4.39 Å². The largest absolute Gasteiger partial charge is 0.507 e. The maximum absolute atomic E-state index is 15.0. The van der Waals surface area contributed by atoms with Crippen LogP contribution < -0.4 is 4.90 Å². The van der Waals surface area contributed by atoms with E-state index in [2.05, 4.69) is 0 Å². The summed E-state index contributed by atoms with van der Waals surface area (Å²) < 4.78 is 15.0. The van der Waals surface area contributed by atoms with Crippen molar-refractivity contribution in [2.24, 2.45) is 0 Å². The molecule has 1 atom stereocenters. The van der Waals surface area contributed by atoms with Crippen molar-refractivity contribution >= 4 is 33.9 Å². The predicted molar refractivity (Wildman–Crippen MR) is 126 cm³/mol. The number of Topliss-reactive ketones (excluding diaryl/α,β-unsaturated/α-hetero) is 1. The van der Waals surface area contributed by atoms with Gasteiger partial charge in [-0.15, -0.1) is 0 Å². The molecule has 0 aromatic heterocycles. The Labute approximate surface area is 190 Å². The van der Waals surface area contributed by atoms with Gasteiger partial charge >= 0.3 is 0 Å². The Kier molecular flexibility index (Phi) is 5.02. The lowest BCUT2D eigenvalue weighted by Crippen LogP contribution is -2.29. The molecular formula is C28H20FNO3. The summed E-state index contributed by atoms with van der Waals surface area (Å²) in [4.78, 5) is 27.7. The van der Waals surface area contributed by atoms with Crippen molar-refractivity contribution in [3.05, 3.63) is 119 Å². The third kappa shape index (κ3) is 3.38. The van der Waals surface area contributed by atoms with Crippen molar-refractivity contribution < 1.29 is 19.1 Å². The van der Waals surface area contributed by atoms with Gasteiger partial charge in [0.05, 0.1) is 11.6 Å². The fourth-order valence-corrected chi connectivity index (χ4v) is 4.37. The van der Waals surface area contributed by atoms with Gasteiger partial charge in [-0.3, -0.25) is 14.5 Å². The lowest BCUT2D eigenvalue weighted by Gasteiger charge is -2.26. The van der Waals surface area contributed by atoms with Crippen LogP contribution in [0.3, 0.4) is 0 Å². The fourth-order valence-electron chi connectivity index (χ4n) is 4.37. The van der Waals surface area contributed by atoms with E-state index in [9.17, 15) is 19.1 Å². The second-order valence-corrected chi connectivity index (χ2v) is 8.05. The summed E-state index contributed by atoms with van der Waals surface area (Å²) in [5, 5.41) is 13.0. The minimum Gasteiger partial charge on any atom is -0.507 e. The molecule has 1 aliphatic heterocycles. The fraction of sp³-hybridized carbons (Fsp3) is 0.0714. The Bertz CT molecular complexity index is 1430. The molecule has 4 nitrogen and oxygen atoms in total. The van der Waals surface area contributed by atoms with Crippen LogP contribution in [0.2, 0.25) is 0 Å². The van der Waals surface area contributed by atoms with E-state index in [0.717, 1.165) is 16.3 Å². The molecule has 0 saturated carbocycles. The second-order valence-electron chi connectivity index (χ2n) is 8.05. The zero-order valence-corrected chi connectivity index (χ0v) is 17.8. The Balaban J connectivity index is 1.79. The third-order valence-electron chi connectivity index (χ3n) is 6.00. The van der Waals surface area contributed by atoms with E-state index < -0.39 is 23.5 Å². The van der Waals surface area contributed by atoms with E-state index in [4.69, 9.17) is 0 Å². The third-order valence-corrected chi connectivity index (χ3v) is 6.00. The Morgan fingerprint density at radius 3 is 2.27 bits per heavy atom. The van der Waals surface area contributed by atoms with Crippen LogP contribution in [0, 0.1) is 12.7 Å². The topological polar surface area (TPSA) is 57.6 Å². The van der Waals surface area contributed by atoms with Crippen LogP contribution in [0.15, 0.2) is 96.6 Å². The van der Waals surface area contributed by atoms with Crippen LogP contribution in [0.1, 0.15) is 22.7 Å². The van der Waals surface area contributed by atoms with Crippen LogP contribution in [0.5, 0.6) is 0 Å². The second kappa shape index (κ2) is 8.02. The molecule has 162 valence electrons. The number of carbonyl (C=O) groups excluding carboxylic acids is 2. The molecule has 4 aromatic carbocycles. The molecule has 1 amide bonds. The number of fused-ring (bicyclic) bond motifs is 1. The molecule has 1 N–H and O–H groups in total. The number of aryl methyl sites for hydroxylation is 1. The molecule has 5 heteroatoms. The number of halogens is 1. The number of carbonyl (C=O) groups is 2. The Hall–Kier alpha value is -4.25. The van der Waals surface area contributed by atoms with Crippen LogP contribution >= 0.6 is 0 Å². The van der Waals surface area contributed by atoms with Crippen LogP contribution in [-0.4, -0.2) is 16.8 Å². The number of hydrogen-bond acceptors (Lipinski definition) is 3. The standard InChI is InChI=1S/C28H20FNO3/c1-17-13-15-19(16-14-17)30-25(22-10-4-5-12-23(22)29)24(27(32)28(30)33)26(31)21-11-6-8-18-7-2-3-9-20(18)21/h2-16,25,31H,1H3/b26-24+. The average molecular weight is 437 g/mol. The van der Waals surface area contributed by atoms with Crippen molar-refractivity contribution in [2.75, 3.05) is 4.90 Å². The number of benzene rings is 4. The number of amides is 1. The molecule has 33 heavy (non-hydrogen) atoms. The monoisotopic (exact) mass is 437 g/mol. The van der Waals surface area contributed by atoms with Gasteiger partial charge in [0.2, 0.25) is 0 Å². The number of anilines is 1. The van der Waals surface area contributed by atoms with Crippen molar-refractivity contribution in [1.29, 1.82) is 0 Å². The normalized spacial score (nSPS) is 17.6. The van der Waals surface area contributed by atoms with Gasteiger partial charge in [-0.1, -0.05) is 78.4 Å². The number of aliphatic hydroxyl groups is 1. The smallest absolute Gasteiger partial charge is 0.300 e. The molecule has 0 aliphatic carbocycles. The van der Waals surface area contributed by atoms with Gasteiger partial charge in [0.25, 0.3) is 11.7 Å². The van der Waals surface area contributed by atoms with E-state index in [-0.39, 0.29) is 16.9 Å². The molecule has 1 fully saturated rings. The Morgan fingerprint density at radius 2 is 1.52 bits per heavy atom. The number of aliphatic hydroxyl groups excluding tert-OH is 1. The van der Waals surface area contributed by atoms with Gasteiger partial charge < -0.3 is 5.11 Å². The van der Waals surface area contributed by atoms with Crippen molar-refractivity contribution in [2.45, 2.75) is 13.0 Å². The van der Waals surface area contributed by atoms with E-state index in [1.165, 1.54) is 17.0 Å². The molecule has 0 spiro atoms. The summed E-state index contributed by atoms with van der Waals surface area (Å²) in [6.45, 7) is 1.91. The van der Waals surface area contributed by atoms with E-state index in [1.54, 1.807) is 36.4 Å². The van der Waals surface area contributed by atoms with Crippen molar-refractivity contribution in [3.63, 3.8) is 0 Å². The van der Waals surface area contributed by atoms with E-state index >= 15 is 0 Å². The van der Waals surface area contributed by atoms with Crippen LogP contribution in [0.4, 0.5) is 10.1 Å². The summed E-state index contributed by atoms with van der Waals surface area (Å²) in [5.41, 5.74) is 1.85. The van der Waals surface area contributed by atoms with Gasteiger partial charge in [0, 0.05) is 16.8 Å². The molecular weight excluding hydrogens is 417 g/mol. The lowest BCUT2D eigenvalue weighted by molar-refractivity contribution is -0.132. The SMILES string of the molecule is Cc1ccc(N2C(=O)C(=O)/C(=C(/O)c3cccc4ccccc34)C2c2ccccc2F)cc1. The highest BCUT2D eigenvalue weighted by atomic mass is 19.1. The highest BCUT2D eigenvalue weighted by molar-refractivity contribution is 6.51. The van der Waals surface area contributed by atoms with Gasteiger partial charge in [0.15, 0.2) is 0 Å². The number of rotatable bonds is 3. The Morgan fingerprint density at radius 1 is 0.848 bits per heavy atom. The maximum atomic E-state index is 15.0. The highest BCUT2D eigenvalue weighted by Crippen LogP contribution is 2.43. The van der Waals surface area contributed by atoms with Crippen LogP contribution in [0.25, 0.3) is 16.5 Å². The first-order valence-corrected chi connectivity index (χ1v) is 10.6. The average Bonchev–Trinajstić information content (AvgIpc) is 3.09. The molecule has 1 aliphatic rings. The van der Waals surface area contributed by atoms with E-state index in [0.29, 0.717) is 11.3 Å². The first-order chi connectivity index (χ1) is 16.0. The van der Waals surface area contributed by atoms with E-state index in [1.807, 2.05) is 49.4 Å². The van der Waals surface area contributed by atoms with Crippen molar-refractivity contribution in [3.8, 4) is 0 Å². The quantitative estimate of drug-likeness (QED) is 0.246. The minimum absolute atomic E-state index is 0.137. The first-order valence-electron chi connectivity index (χ1n) is 10.6. The van der Waals surface area contributed by atoms with Gasteiger partial charge in [-0.2, -0.15) is 0 Å². The minimum atomic E-state index is -1.10. The molecule has 0 radical (unpaired) electrons. The predicted octanol–water partition coefficient (Wildman–Crippen LogP) is 5.91. The zero-order chi connectivity index (χ0) is 23.1. The molecule has 4 aromatic rings. The highest BCUT2D eigenvalue weighted by Gasteiger charge is 2.47. The summed E-state index contributed by atoms with van der Waals surface area (Å²) in [6, 6.07) is 24.7. The first kappa shape index (κ1) is 20.6. The molecule has 5 rings (SSSR count). The van der Waals surface area contributed by atoms with Crippen molar-refractivity contribution in [1.82, 2.24) is 0 Å². The maximum Gasteiger partial charge on any atom is 0.300 e. The summed E-state index contributed by atoms with van der Waals surface area (Å²) >= 11 is 0. The van der Waals surface area contributed by atoms with Gasteiger partial charge in [0.1, 0.15) is 11.6 Å². The summed E-state index contributed by atoms with van der Waals surface area (Å²) in [6.07, 6.45) is 0. The number of ketones is 1. The summed E-state index contributed by atoms with van der Waals surface area (Å²) in [7, 11) is 0. The lowest BCUT2D eigenvalue weighted by atomic mass is 9.93.